The van der Waals surface area contributed by atoms with E-state index < -0.39 is 9.84 Å². The van der Waals surface area contributed by atoms with Gasteiger partial charge in [-0.2, -0.15) is 4.37 Å². The monoisotopic (exact) mass is 219 g/mol. The molecule has 2 rings (SSSR count). The SMILES string of the molecule is CS(=O)(=O)c1snc2c1OCCC2. The highest BCUT2D eigenvalue weighted by Crippen LogP contribution is 2.34. The topological polar surface area (TPSA) is 56.3 Å². The van der Waals surface area contributed by atoms with Crippen molar-refractivity contribution in [2.45, 2.75) is 17.1 Å². The molecular formula is C7H9NO3S2. The van der Waals surface area contributed by atoms with Crippen LogP contribution in [0.1, 0.15) is 12.1 Å². The van der Waals surface area contributed by atoms with Crippen molar-refractivity contribution in [1.82, 2.24) is 4.37 Å². The van der Waals surface area contributed by atoms with E-state index in [-0.39, 0.29) is 4.21 Å². The van der Waals surface area contributed by atoms with Gasteiger partial charge in [-0.05, 0) is 24.4 Å². The van der Waals surface area contributed by atoms with Crippen LogP contribution in [0, 0.1) is 0 Å². The second-order valence-corrected chi connectivity index (χ2v) is 5.95. The van der Waals surface area contributed by atoms with E-state index in [0.717, 1.165) is 30.1 Å². The third kappa shape index (κ3) is 1.55. The number of hydrogen-bond acceptors (Lipinski definition) is 5. The fourth-order valence-electron chi connectivity index (χ4n) is 1.25. The van der Waals surface area contributed by atoms with Crippen LogP contribution >= 0.6 is 11.5 Å². The van der Waals surface area contributed by atoms with E-state index in [1.807, 2.05) is 0 Å². The second-order valence-electron chi connectivity index (χ2n) is 2.97. The number of aromatic nitrogens is 1. The van der Waals surface area contributed by atoms with Gasteiger partial charge in [-0.15, -0.1) is 0 Å². The first-order valence-corrected chi connectivity index (χ1v) is 6.57. The Hall–Kier alpha value is -0.620. The molecule has 1 aromatic heterocycles. The van der Waals surface area contributed by atoms with E-state index in [9.17, 15) is 8.42 Å². The molecule has 0 N–H and O–H groups in total. The Morgan fingerprint density at radius 2 is 2.31 bits per heavy atom. The Morgan fingerprint density at radius 3 is 3.00 bits per heavy atom. The molecule has 0 fully saturated rings. The molecule has 0 spiro atoms. The molecule has 0 bridgehead atoms. The van der Waals surface area contributed by atoms with Gasteiger partial charge in [-0.25, -0.2) is 8.42 Å². The summed E-state index contributed by atoms with van der Waals surface area (Å²) in [7, 11) is -3.17. The minimum atomic E-state index is -3.17. The van der Waals surface area contributed by atoms with Gasteiger partial charge < -0.3 is 4.74 Å². The zero-order valence-corrected chi connectivity index (χ0v) is 8.74. The summed E-state index contributed by atoms with van der Waals surface area (Å²) in [4.78, 5) is 0. The number of hydrogen-bond donors (Lipinski definition) is 0. The normalized spacial score (nSPS) is 16.4. The van der Waals surface area contributed by atoms with Gasteiger partial charge in [0.2, 0.25) is 0 Å². The van der Waals surface area contributed by atoms with Crippen molar-refractivity contribution in [3.63, 3.8) is 0 Å². The Balaban J connectivity index is 2.55. The summed E-state index contributed by atoms with van der Waals surface area (Å²) in [5, 5.41) is 0. The van der Waals surface area contributed by atoms with Gasteiger partial charge in [0.15, 0.2) is 19.8 Å². The molecule has 4 nitrogen and oxygen atoms in total. The van der Waals surface area contributed by atoms with Gasteiger partial charge in [-0.1, -0.05) is 0 Å². The Bertz CT molecular complexity index is 421. The fraction of sp³-hybridized carbons (Fsp3) is 0.571. The smallest absolute Gasteiger partial charge is 0.190 e. The maximum Gasteiger partial charge on any atom is 0.190 e. The molecule has 0 radical (unpaired) electrons. The first-order valence-electron chi connectivity index (χ1n) is 3.90. The Kier molecular flexibility index (Phi) is 2.03. The average molecular weight is 219 g/mol. The second kappa shape index (κ2) is 2.95. The summed E-state index contributed by atoms with van der Waals surface area (Å²) in [6, 6.07) is 0. The van der Waals surface area contributed by atoms with Gasteiger partial charge in [0.25, 0.3) is 0 Å². The van der Waals surface area contributed by atoms with Crippen molar-refractivity contribution in [3.05, 3.63) is 5.69 Å². The summed E-state index contributed by atoms with van der Waals surface area (Å²) in [5.41, 5.74) is 0.789. The number of rotatable bonds is 1. The summed E-state index contributed by atoms with van der Waals surface area (Å²) in [6.07, 6.45) is 2.92. The molecule has 0 aliphatic carbocycles. The fourth-order valence-corrected chi connectivity index (χ4v) is 3.04. The average Bonchev–Trinajstić information content (AvgIpc) is 2.45. The number of aryl methyl sites for hydroxylation is 1. The summed E-state index contributed by atoms with van der Waals surface area (Å²) < 4.78 is 32.1. The van der Waals surface area contributed by atoms with E-state index in [1.165, 1.54) is 6.26 Å². The number of nitrogens with zero attached hydrogens (tertiary/aromatic N) is 1. The lowest BCUT2D eigenvalue weighted by Gasteiger charge is -2.12. The van der Waals surface area contributed by atoms with Crippen molar-refractivity contribution >= 4 is 21.4 Å². The first-order chi connectivity index (χ1) is 6.09. The van der Waals surface area contributed by atoms with E-state index in [1.54, 1.807) is 0 Å². The third-order valence-corrected chi connectivity index (χ3v) is 4.48. The summed E-state index contributed by atoms with van der Waals surface area (Å²) in [6.45, 7) is 0.591. The van der Waals surface area contributed by atoms with Crippen molar-refractivity contribution in [1.29, 1.82) is 0 Å². The number of ether oxygens (including phenoxy) is 1. The van der Waals surface area contributed by atoms with Crippen molar-refractivity contribution in [2.75, 3.05) is 12.9 Å². The third-order valence-electron chi connectivity index (χ3n) is 1.83. The summed E-state index contributed by atoms with van der Waals surface area (Å²) >= 11 is 1.01. The van der Waals surface area contributed by atoms with Gasteiger partial charge >= 0.3 is 0 Å². The van der Waals surface area contributed by atoms with Crippen LogP contribution < -0.4 is 4.74 Å². The van der Waals surface area contributed by atoms with Crippen molar-refractivity contribution in [2.24, 2.45) is 0 Å². The summed E-state index contributed by atoms with van der Waals surface area (Å²) in [5.74, 6) is 0.485. The lowest BCUT2D eigenvalue weighted by Crippen LogP contribution is -2.09. The van der Waals surface area contributed by atoms with E-state index in [2.05, 4.69) is 4.37 Å². The van der Waals surface area contributed by atoms with Gasteiger partial charge in [0.1, 0.15) is 0 Å². The standard InChI is InChI=1S/C7H9NO3S2/c1-13(9,10)7-6-5(8-12-7)3-2-4-11-6/h2-4H2,1H3. The molecule has 0 saturated carbocycles. The largest absolute Gasteiger partial charge is 0.489 e. The van der Waals surface area contributed by atoms with Crippen LogP contribution in [-0.4, -0.2) is 25.7 Å². The van der Waals surface area contributed by atoms with Gasteiger partial charge in [-0.3, -0.25) is 0 Å². The Morgan fingerprint density at radius 1 is 1.54 bits per heavy atom. The van der Waals surface area contributed by atoms with Crippen LogP contribution in [0.2, 0.25) is 0 Å². The van der Waals surface area contributed by atoms with Crippen LogP contribution in [0.15, 0.2) is 4.21 Å². The molecule has 1 aliphatic heterocycles. The molecule has 0 saturated heterocycles. The lowest BCUT2D eigenvalue weighted by atomic mass is 10.2. The van der Waals surface area contributed by atoms with E-state index >= 15 is 0 Å². The zero-order chi connectivity index (χ0) is 9.47. The zero-order valence-electron chi connectivity index (χ0n) is 7.11. The van der Waals surface area contributed by atoms with E-state index in [4.69, 9.17) is 4.74 Å². The molecule has 0 aromatic carbocycles. The van der Waals surface area contributed by atoms with Crippen molar-refractivity contribution < 1.29 is 13.2 Å². The predicted molar refractivity (Wildman–Crippen MR) is 49.0 cm³/mol. The van der Waals surface area contributed by atoms with Crippen LogP contribution in [0.5, 0.6) is 5.75 Å². The molecule has 72 valence electrons. The van der Waals surface area contributed by atoms with Crippen LogP contribution in [0.4, 0.5) is 0 Å². The molecule has 0 amide bonds. The van der Waals surface area contributed by atoms with Crippen LogP contribution in [-0.2, 0) is 16.3 Å². The number of fused-ring (bicyclic) bond motifs is 1. The van der Waals surface area contributed by atoms with Crippen LogP contribution in [0.3, 0.4) is 0 Å². The van der Waals surface area contributed by atoms with Crippen molar-refractivity contribution in [3.8, 4) is 5.75 Å². The molecule has 1 aromatic rings. The lowest BCUT2D eigenvalue weighted by molar-refractivity contribution is 0.281. The maximum absolute atomic E-state index is 11.3. The van der Waals surface area contributed by atoms with Crippen LogP contribution in [0.25, 0.3) is 0 Å². The number of sulfone groups is 1. The van der Waals surface area contributed by atoms with E-state index in [0.29, 0.717) is 12.4 Å². The minimum Gasteiger partial charge on any atom is -0.489 e. The molecule has 0 unspecified atom stereocenters. The van der Waals surface area contributed by atoms with Gasteiger partial charge in [0, 0.05) is 6.26 Å². The first kappa shape index (κ1) is 8.96. The molecule has 1 aliphatic rings. The molecule has 6 heteroatoms. The minimum absolute atomic E-state index is 0.266. The maximum atomic E-state index is 11.3. The molecule has 0 atom stereocenters. The molecule has 13 heavy (non-hydrogen) atoms. The quantitative estimate of drug-likeness (QED) is 0.703. The highest BCUT2D eigenvalue weighted by atomic mass is 32.2. The predicted octanol–water partition coefficient (Wildman–Crippen LogP) is 0.872. The highest BCUT2D eigenvalue weighted by molar-refractivity contribution is 7.92. The molecular weight excluding hydrogens is 210 g/mol. The van der Waals surface area contributed by atoms with Gasteiger partial charge in [0.05, 0.1) is 12.3 Å². The Labute approximate surface area is 80.6 Å². The molecule has 2 heterocycles. The highest BCUT2D eigenvalue weighted by Gasteiger charge is 2.24.